The second-order valence-electron chi connectivity index (χ2n) is 9.38. The van der Waals surface area contributed by atoms with E-state index in [4.69, 9.17) is 4.74 Å². The smallest absolute Gasteiger partial charge is 0.338 e. The highest BCUT2D eigenvalue weighted by atomic mass is 32.1. The lowest BCUT2D eigenvalue weighted by atomic mass is 9.94. The number of thiophene rings is 1. The summed E-state index contributed by atoms with van der Waals surface area (Å²) < 4.78 is 6.77. The van der Waals surface area contributed by atoms with Gasteiger partial charge in [0.1, 0.15) is 6.04 Å². The van der Waals surface area contributed by atoms with Gasteiger partial charge in [-0.25, -0.2) is 4.79 Å². The number of carbonyl (C=O) groups excluding carboxylic acids is 3. The Morgan fingerprint density at radius 1 is 1.16 bits per heavy atom. The lowest BCUT2D eigenvalue weighted by Crippen LogP contribution is -2.47. The Labute approximate surface area is 221 Å². The van der Waals surface area contributed by atoms with Crippen LogP contribution in [0, 0.1) is 6.92 Å². The van der Waals surface area contributed by atoms with Gasteiger partial charge in [-0.1, -0.05) is 25.3 Å². The molecule has 4 rings (SSSR count). The van der Waals surface area contributed by atoms with Crippen LogP contribution >= 0.6 is 11.3 Å². The van der Waals surface area contributed by atoms with Crippen LogP contribution in [0.5, 0.6) is 0 Å². The number of ether oxygens (including phenoxy) is 1. The third-order valence-electron chi connectivity index (χ3n) is 6.63. The molecule has 1 N–H and O–H groups in total. The molecule has 2 amide bonds. The Kier molecular flexibility index (Phi) is 8.76. The van der Waals surface area contributed by atoms with E-state index in [2.05, 4.69) is 10.4 Å². The standard InChI is InChI=1S/C28H34N4O4S/c1-4-36-28(35)20-12-14-22(15-13-20)32(25(33)17-23-11-8-16-37-23)26(24-18-31(3)30-19(24)2)27(34)29-21-9-6-5-7-10-21/h8,11-16,18,21,26H,4-7,9-10,17H2,1-3H3,(H,29,34)/t26-/m0/s1. The summed E-state index contributed by atoms with van der Waals surface area (Å²) in [5.41, 5.74) is 2.27. The van der Waals surface area contributed by atoms with Crippen LogP contribution in [-0.2, 0) is 27.8 Å². The third kappa shape index (κ3) is 6.46. The van der Waals surface area contributed by atoms with Gasteiger partial charge in [-0.05, 0) is 62.4 Å². The molecule has 1 fully saturated rings. The average Bonchev–Trinajstić information content (AvgIpc) is 3.51. The number of benzene rings is 1. The molecule has 1 aliphatic carbocycles. The van der Waals surface area contributed by atoms with Gasteiger partial charge < -0.3 is 10.1 Å². The molecule has 196 valence electrons. The molecule has 0 bridgehead atoms. The maximum absolute atomic E-state index is 13.9. The summed E-state index contributed by atoms with van der Waals surface area (Å²) in [5, 5.41) is 9.62. The number of rotatable bonds is 9. The minimum absolute atomic E-state index is 0.0844. The second kappa shape index (κ2) is 12.2. The van der Waals surface area contributed by atoms with Crippen molar-refractivity contribution in [2.45, 2.75) is 64.5 Å². The molecule has 1 aliphatic rings. The average molecular weight is 523 g/mol. The van der Waals surface area contributed by atoms with Gasteiger partial charge in [0.05, 0.1) is 24.3 Å². The highest BCUT2D eigenvalue weighted by Gasteiger charge is 2.36. The predicted molar refractivity (Wildman–Crippen MR) is 144 cm³/mol. The summed E-state index contributed by atoms with van der Waals surface area (Å²) in [5.74, 6) is -0.865. The van der Waals surface area contributed by atoms with E-state index in [0.29, 0.717) is 22.5 Å². The lowest BCUT2D eigenvalue weighted by molar-refractivity contribution is -0.127. The zero-order chi connectivity index (χ0) is 26.4. The van der Waals surface area contributed by atoms with Crippen molar-refractivity contribution < 1.29 is 19.1 Å². The molecule has 8 nitrogen and oxygen atoms in total. The molecule has 0 aliphatic heterocycles. The molecule has 2 heterocycles. The largest absolute Gasteiger partial charge is 0.462 e. The fraction of sp³-hybridized carbons (Fsp3) is 0.429. The van der Waals surface area contributed by atoms with Crippen molar-refractivity contribution in [3.05, 3.63) is 69.7 Å². The third-order valence-corrected chi connectivity index (χ3v) is 7.51. The molecular weight excluding hydrogens is 488 g/mol. The van der Waals surface area contributed by atoms with Crippen molar-refractivity contribution >= 4 is 34.8 Å². The summed E-state index contributed by atoms with van der Waals surface area (Å²) >= 11 is 1.50. The van der Waals surface area contributed by atoms with Gasteiger partial charge in [0.15, 0.2) is 0 Å². The van der Waals surface area contributed by atoms with Crippen molar-refractivity contribution in [2.75, 3.05) is 11.5 Å². The number of aromatic nitrogens is 2. The van der Waals surface area contributed by atoms with Gasteiger partial charge in [0, 0.05) is 35.4 Å². The Morgan fingerprint density at radius 3 is 2.49 bits per heavy atom. The number of amides is 2. The van der Waals surface area contributed by atoms with Gasteiger partial charge in [0.2, 0.25) is 11.8 Å². The molecule has 0 spiro atoms. The Hall–Kier alpha value is -3.46. The molecule has 1 saturated carbocycles. The summed E-state index contributed by atoms with van der Waals surface area (Å²) in [7, 11) is 1.80. The first-order valence-corrected chi connectivity index (χ1v) is 13.7. The second-order valence-corrected chi connectivity index (χ2v) is 10.4. The van der Waals surface area contributed by atoms with Crippen molar-refractivity contribution in [2.24, 2.45) is 7.05 Å². The molecule has 2 aromatic heterocycles. The summed E-state index contributed by atoms with van der Waals surface area (Å²) in [6, 6.07) is 9.66. The quantitative estimate of drug-likeness (QED) is 0.410. The number of anilines is 1. The van der Waals surface area contributed by atoms with Gasteiger partial charge in [-0.2, -0.15) is 5.10 Å². The molecule has 37 heavy (non-hydrogen) atoms. The number of aryl methyl sites for hydroxylation is 2. The van der Waals surface area contributed by atoms with Gasteiger partial charge in [-0.15, -0.1) is 11.3 Å². The van der Waals surface area contributed by atoms with E-state index in [1.54, 1.807) is 54.0 Å². The van der Waals surface area contributed by atoms with E-state index >= 15 is 0 Å². The van der Waals surface area contributed by atoms with E-state index in [9.17, 15) is 14.4 Å². The maximum atomic E-state index is 13.9. The van der Waals surface area contributed by atoms with Gasteiger partial charge >= 0.3 is 5.97 Å². The zero-order valence-electron chi connectivity index (χ0n) is 21.6. The van der Waals surface area contributed by atoms with E-state index in [1.165, 1.54) is 17.8 Å². The van der Waals surface area contributed by atoms with Crippen LogP contribution < -0.4 is 10.2 Å². The minimum Gasteiger partial charge on any atom is -0.462 e. The highest BCUT2D eigenvalue weighted by Crippen LogP contribution is 2.32. The van der Waals surface area contributed by atoms with Crippen LogP contribution in [0.25, 0.3) is 0 Å². The van der Waals surface area contributed by atoms with Crippen LogP contribution in [0.15, 0.2) is 48.0 Å². The SMILES string of the molecule is CCOC(=O)c1ccc(N(C(=O)Cc2cccs2)[C@H](C(=O)NC2CCCCC2)c2cn(C)nc2C)cc1. The van der Waals surface area contributed by atoms with E-state index in [0.717, 1.165) is 30.6 Å². The van der Waals surface area contributed by atoms with Crippen molar-refractivity contribution in [3.63, 3.8) is 0 Å². The predicted octanol–water partition coefficient (Wildman–Crippen LogP) is 4.73. The topological polar surface area (TPSA) is 93.5 Å². The summed E-state index contributed by atoms with van der Waals surface area (Å²) in [4.78, 5) is 42.5. The molecular formula is C28H34N4O4S. The molecule has 1 aromatic carbocycles. The van der Waals surface area contributed by atoms with Crippen LogP contribution in [0.4, 0.5) is 5.69 Å². The minimum atomic E-state index is -0.906. The number of hydrogen-bond donors (Lipinski definition) is 1. The summed E-state index contributed by atoms with van der Waals surface area (Å²) in [6.45, 7) is 3.88. The van der Waals surface area contributed by atoms with E-state index < -0.39 is 12.0 Å². The normalized spacial score (nSPS) is 14.7. The Bertz CT molecular complexity index is 1210. The highest BCUT2D eigenvalue weighted by molar-refractivity contribution is 7.10. The number of nitrogens with zero attached hydrogens (tertiary/aromatic N) is 3. The fourth-order valence-corrected chi connectivity index (χ4v) is 5.56. The zero-order valence-corrected chi connectivity index (χ0v) is 22.4. The van der Waals surface area contributed by atoms with E-state index in [1.807, 2.05) is 24.4 Å². The first kappa shape index (κ1) is 26.6. The first-order valence-electron chi connectivity index (χ1n) is 12.8. The summed E-state index contributed by atoms with van der Waals surface area (Å²) in [6.07, 6.45) is 7.16. The van der Waals surface area contributed by atoms with Crippen LogP contribution in [-0.4, -0.2) is 40.2 Å². The van der Waals surface area contributed by atoms with Crippen molar-refractivity contribution in [1.29, 1.82) is 0 Å². The molecule has 9 heteroatoms. The maximum Gasteiger partial charge on any atom is 0.338 e. The lowest BCUT2D eigenvalue weighted by Gasteiger charge is -2.33. The molecule has 3 aromatic rings. The molecule has 0 saturated heterocycles. The first-order chi connectivity index (χ1) is 17.9. The fourth-order valence-electron chi connectivity index (χ4n) is 4.87. The number of esters is 1. The number of carbonyl (C=O) groups is 3. The molecule has 0 unspecified atom stereocenters. The Morgan fingerprint density at radius 2 is 1.89 bits per heavy atom. The van der Waals surface area contributed by atoms with E-state index in [-0.39, 0.29) is 30.9 Å². The van der Waals surface area contributed by atoms with Crippen LogP contribution in [0.1, 0.15) is 71.6 Å². The Balaban J connectivity index is 1.75. The molecule has 1 atom stereocenters. The van der Waals surface area contributed by atoms with Gasteiger partial charge in [-0.3, -0.25) is 19.2 Å². The van der Waals surface area contributed by atoms with Crippen LogP contribution in [0.2, 0.25) is 0 Å². The molecule has 0 radical (unpaired) electrons. The van der Waals surface area contributed by atoms with Crippen LogP contribution in [0.3, 0.4) is 0 Å². The monoisotopic (exact) mass is 522 g/mol. The number of nitrogens with one attached hydrogen (secondary N) is 1. The van der Waals surface area contributed by atoms with Gasteiger partial charge in [0.25, 0.3) is 0 Å². The number of hydrogen-bond acceptors (Lipinski definition) is 6. The van der Waals surface area contributed by atoms with Crippen molar-refractivity contribution in [1.82, 2.24) is 15.1 Å². The van der Waals surface area contributed by atoms with Crippen molar-refractivity contribution in [3.8, 4) is 0 Å².